The molecule has 1 aromatic rings. The molecule has 1 unspecified atom stereocenters. The van der Waals surface area contributed by atoms with Crippen LogP contribution in [-0.4, -0.2) is 35.4 Å². The van der Waals surface area contributed by atoms with Crippen LogP contribution in [0.2, 0.25) is 0 Å². The largest absolute Gasteiger partial charge is 0.431 e. The third-order valence-corrected chi connectivity index (χ3v) is 3.45. The van der Waals surface area contributed by atoms with Crippen LogP contribution < -0.4 is 11.3 Å². The topological polar surface area (TPSA) is 79.2 Å². The zero-order valence-corrected chi connectivity index (χ0v) is 12.7. The maximum atomic E-state index is 12.5. The number of pyridine rings is 1. The zero-order valence-electron chi connectivity index (χ0n) is 12.7. The van der Waals surface area contributed by atoms with Gasteiger partial charge in [0.25, 0.3) is 11.5 Å². The van der Waals surface area contributed by atoms with Gasteiger partial charge < -0.3 is 15.6 Å². The molecule has 0 aliphatic rings. The molecule has 0 aliphatic carbocycles. The number of hydrogen-bond donors (Lipinski definition) is 2. The highest BCUT2D eigenvalue weighted by Crippen LogP contribution is 2.26. The summed E-state index contributed by atoms with van der Waals surface area (Å²) in [6.45, 7) is 4.22. The summed E-state index contributed by atoms with van der Waals surface area (Å²) < 4.78 is 37.4. The van der Waals surface area contributed by atoms with E-state index >= 15 is 0 Å². The minimum atomic E-state index is -4.66. The highest BCUT2D eigenvalue weighted by molar-refractivity contribution is 5.93. The maximum absolute atomic E-state index is 12.5. The average molecular weight is 319 g/mol. The van der Waals surface area contributed by atoms with Gasteiger partial charge in [0.05, 0.1) is 0 Å². The number of aromatic amines is 1. The number of aromatic nitrogens is 1. The highest BCUT2D eigenvalue weighted by Gasteiger charge is 2.32. The fraction of sp³-hybridized carbons (Fsp3) is 0.571. The van der Waals surface area contributed by atoms with Gasteiger partial charge in [-0.2, -0.15) is 13.2 Å². The minimum absolute atomic E-state index is 0.0962. The number of alkyl halides is 3. The Hall–Kier alpha value is -1.83. The number of H-pyrrole nitrogens is 1. The van der Waals surface area contributed by atoms with Crippen LogP contribution in [0.15, 0.2) is 16.9 Å². The van der Waals surface area contributed by atoms with Crippen molar-refractivity contribution in [3.63, 3.8) is 0 Å². The van der Waals surface area contributed by atoms with Crippen molar-refractivity contribution in [2.24, 2.45) is 11.7 Å². The van der Waals surface area contributed by atoms with Gasteiger partial charge in [-0.1, -0.05) is 13.8 Å². The lowest BCUT2D eigenvalue weighted by Gasteiger charge is -2.21. The van der Waals surface area contributed by atoms with Crippen LogP contribution in [0.25, 0.3) is 0 Å². The van der Waals surface area contributed by atoms with Gasteiger partial charge in [-0.25, -0.2) is 0 Å². The number of rotatable bonds is 5. The molecule has 1 aromatic heterocycles. The van der Waals surface area contributed by atoms with Crippen molar-refractivity contribution < 1.29 is 18.0 Å². The van der Waals surface area contributed by atoms with Gasteiger partial charge in [0.1, 0.15) is 11.3 Å². The second kappa shape index (κ2) is 6.95. The molecule has 22 heavy (non-hydrogen) atoms. The summed E-state index contributed by atoms with van der Waals surface area (Å²) in [5, 5.41) is 0. The van der Waals surface area contributed by atoms with Crippen molar-refractivity contribution >= 4 is 5.91 Å². The van der Waals surface area contributed by atoms with Crippen molar-refractivity contribution in [3.05, 3.63) is 33.7 Å². The normalized spacial score (nSPS) is 13.3. The van der Waals surface area contributed by atoms with E-state index in [0.29, 0.717) is 19.0 Å². The summed E-state index contributed by atoms with van der Waals surface area (Å²) in [4.78, 5) is 26.7. The molecule has 0 fully saturated rings. The third kappa shape index (κ3) is 4.59. The second-order valence-corrected chi connectivity index (χ2v) is 5.54. The van der Waals surface area contributed by atoms with Crippen molar-refractivity contribution in [3.8, 4) is 0 Å². The highest BCUT2D eigenvalue weighted by atomic mass is 19.4. The number of nitrogens with two attached hydrogens (primary N) is 1. The van der Waals surface area contributed by atoms with Gasteiger partial charge in [0.2, 0.25) is 0 Å². The molecule has 0 spiro atoms. The molecule has 0 saturated carbocycles. The number of carbonyl (C=O) groups excluding carboxylic acids is 1. The summed E-state index contributed by atoms with van der Waals surface area (Å²) in [5.74, 6) is -0.385. The number of hydrogen-bond acceptors (Lipinski definition) is 3. The van der Waals surface area contributed by atoms with Crippen LogP contribution in [0.1, 0.15) is 36.3 Å². The molecule has 0 radical (unpaired) electrons. The Kier molecular flexibility index (Phi) is 5.76. The van der Waals surface area contributed by atoms with Crippen molar-refractivity contribution in [2.45, 2.75) is 32.5 Å². The fourth-order valence-corrected chi connectivity index (χ4v) is 1.79. The lowest BCUT2D eigenvalue weighted by atomic mass is 10.0. The smallest absolute Gasteiger partial charge is 0.341 e. The molecule has 1 rings (SSSR count). The van der Waals surface area contributed by atoms with E-state index in [1.807, 2.05) is 13.8 Å². The van der Waals surface area contributed by atoms with Crippen LogP contribution in [0.4, 0.5) is 13.2 Å². The first-order valence-corrected chi connectivity index (χ1v) is 6.85. The van der Waals surface area contributed by atoms with Gasteiger partial charge in [-0.05, 0) is 24.5 Å². The van der Waals surface area contributed by atoms with E-state index < -0.39 is 23.3 Å². The van der Waals surface area contributed by atoms with Crippen LogP contribution in [0.5, 0.6) is 0 Å². The first-order chi connectivity index (χ1) is 10.0. The molecule has 1 amide bonds. The monoisotopic (exact) mass is 319 g/mol. The van der Waals surface area contributed by atoms with E-state index in [-0.39, 0.29) is 17.5 Å². The van der Waals surface area contributed by atoms with Gasteiger partial charge in [0.15, 0.2) is 0 Å². The zero-order chi connectivity index (χ0) is 17.1. The maximum Gasteiger partial charge on any atom is 0.431 e. The molecule has 1 atom stereocenters. The molecular weight excluding hydrogens is 299 g/mol. The van der Waals surface area contributed by atoms with Gasteiger partial charge >= 0.3 is 6.18 Å². The lowest BCUT2D eigenvalue weighted by molar-refractivity contribution is -0.141. The number of halogens is 3. The molecule has 1 heterocycles. The lowest BCUT2D eigenvalue weighted by Crippen LogP contribution is -2.37. The van der Waals surface area contributed by atoms with Crippen molar-refractivity contribution in [1.29, 1.82) is 0 Å². The molecule has 3 N–H and O–H groups in total. The Morgan fingerprint density at radius 1 is 1.36 bits per heavy atom. The Labute approximate surface area is 126 Å². The van der Waals surface area contributed by atoms with Crippen LogP contribution in [-0.2, 0) is 6.18 Å². The third-order valence-electron chi connectivity index (χ3n) is 3.45. The van der Waals surface area contributed by atoms with Crippen LogP contribution in [0.3, 0.4) is 0 Å². The Balaban J connectivity index is 2.83. The Bertz CT molecular complexity index is 581. The van der Waals surface area contributed by atoms with E-state index in [2.05, 4.69) is 0 Å². The van der Waals surface area contributed by atoms with Gasteiger partial charge in [-0.15, -0.1) is 0 Å². The van der Waals surface area contributed by atoms with Crippen LogP contribution >= 0.6 is 0 Å². The number of nitrogens with one attached hydrogen (secondary N) is 1. The summed E-state index contributed by atoms with van der Waals surface area (Å²) in [5.41, 5.74) is 3.31. The van der Waals surface area contributed by atoms with E-state index in [9.17, 15) is 22.8 Å². The first kappa shape index (κ1) is 18.2. The van der Waals surface area contributed by atoms with Gasteiger partial charge in [-0.3, -0.25) is 9.59 Å². The summed E-state index contributed by atoms with van der Waals surface area (Å²) in [6.07, 6.45) is -4.12. The fourth-order valence-electron chi connectivity index (χ4n) is 1.79. The predicted molar refractivity (Wildman–Crippen MR) is 76.5 cm³/mol. The molecule has 5 nitrogen and oxygen atoms in total. The Morgan fingerprint density at radius 2 is 1.95 bits per heavy atom. The van der Waals surface area contributed by atoms with E-state index in [0.717, 1.165) is 6.07 Å². The summed E-state index contributed by atoms with van der Waals surface area (Å²) >= 11 is 0. The van der Waals surface area contributed by atoms with Crippen molar-refractivity contribution in [1.82, 2.24) is 9.88 Å². The summed E-state index contributed by atoms with van der Waals surface area (Å²) in [6, 6.07) is 1.48. The molecule has 8 heteroatoms. The minimum Gasteiger partial charge on any atom is -0.341 e. The Morgan fingerprint density at radius 3 is 2.41 bits per heavy atom. The van der Waals surface area contributed by atoms with E-state index in [4.69, 9.17) is 5.73 Å². The number of amides is 1. The van der Waals surface area contributed by atoms with E-state index in [1.165, 1.54) is 11.9 Å². The molecular formula is C14H20F3N3O2. The standard InChI is InChI=1S/C14H20F3N3O2/c1-8(2)10(18)6-7-20(3)13(22)9-4-5-11(14(15,16)17)19-12(9)21/h4-5,8,10H,6-7,18H2,1-3H3,(H,19,21). The van der Waals surface area contributed by atoms with Gasteiger partial charge in [0, 0.05) is 19.6 Å². The predicted octanol–water partition coefficient (Wildman–Crippen LogP) is 1.84. The molecule has 0 saturated heterocycles. The van der Waals surface area contributed by atoms with E-state index in [1.54, 1.807) is 4.98 Å². The molecule has 0 aromatic carbocycles. The SMILES string of the molecule is CC(C)C(N)CCN(C)C(=O)c1ccc(C(F)(F)F)[nH]c1=O. The quantitative estimate of drug-likeness (QED) is 0.869. The summed E-state index contributed by atoms with van der Waals surface area (Å²) in [7, 11) is 1.48. The second-order valence-electron chi connectivity index (χ2n) is 5.54. The van der Waals surface area contributed by atoms with Crippen LogP contribution in [0, 0.1) is 5.92 Å². The molecule has 0 bridgehead atoms. The van der Waals surface area contributed by atoms with Crippen molar-refractivity contribution in [2.75, 3.05) is 13.6 Å². The number of nitrogens with zero attached hydrogens (tertiary/aromatic N) is 1. The molecule has 124 valence electrons. The first-order valence-electron chi connectivity index (χ1n) is 6.85. The average Bonchev–Trinajstić information content (AvgIpc) is 2.42. The number of carbonyl (C=O) groups is 1. The molecule has 0 aliphatic heterocycles.